The van der Waals surface area contributed by atoms with E-state index in [4.69, 9.17) is 9.47 Å². The van der Waals surface area contributed by atoms with Gasteiger partial charge in [0.05, 0.1) is 5.25 Å². The van der Waals surface area contributed by atoms with Crippen LogP contribution in [-0.2, 0) is 9.47 Å². The molecule has 0 aromatic rings. The van der Waals surface area contributed by atoms with Crippen LogP contribution in [0.4, 0.5) is 0 Å². The largest absolute Gasteiger partial charge is 0.343 e. The van der Waals surface area contributed by atoms with Crippen LogP contribution < -0.4 is 0 Å². The zero-order chi connectivity index (χ0) is 9.22. The molecule has 4 atom stereocenters. The Bertz CT molecular complexity index is 289. The van der Waals surface area contributed by atoms with Crippen LogP contribution in [0.5, 0.6) is 0 Å². The fourth-order valence-electron chi connectivity index (χ4n) is 2.03. The second kappa shape index (κ2) is 2.54. The van der Waals surface area contributed by atoms with Crippen molar-refractivity contribution in [3.05, 3.63) is 10.6 Å². The lowest BCUT2D eigenvalue weighted by molar-refractivity contribution is -0.142. The van der Waals surface area contributed by atoms with Gasteiger partial charge >= 0.3 is 0 Å². The van der Waals surface area contributed by atoms with Crippen molar-refractivity contribution >= 4 is 27.7 Å². The number of hydrogen-bond donors (Lipinski definition) is 0. The van der Waals surface area contributed by atoms with Crippen LogP contribution in [0.2, 0.25) is 0 Å². The van der Waals surface area contributed by atoms with Gasteiger partial charge in [0.15, 0.2) is 5.79 Å². The van der Waals surface area contributed by atoms with Crippen molar-refractivity contribution in [2.45, 2.75) is 42.3 Å². The van der Waals surface area contributed by atoms with Gasteiger partial charge in [0.2, 0.25) is 0 Å². The first-order valence-corrected chi connectivity index (χ1v) is 6.19. The lowest BCUT2D eigenvalue weighted by Crippen LogP contribution is -2.32. The van der Waals surface area contributed by atoms with Crippen molar-refractivity contribution in [2.75, 3.05) is 0 Å². The second-order valence-electron chi connectivity index (χ2n) is 4.14. The molecule has 0 aromatic heterocycles. The Morgan fingerprint density at radius 3 is 3.00 bits per heavy atom. The highest BCUT2D eigenvalue weighted by atomic mass is 79.9. The molecule has 1 aliphatic carbocycles. The molecule has 13 heavy (non-hydrogen) atoms. The molecule has 0 amide bonds. The van der Waals surface area contributed by atoms with E-state index in [0.29, 0.717) is 10.5 Å². The van der Waals surface area contributed by atoms with Crippen LogP contribution >= 0.6 is 27.7 Å². The van der Waals surface area contributed by atoms with Gasteiger partial charge in [-0.1, -0.05) is 22.0 Å². The minimum Gasteiger partial charge on any atom is -0.343 e. The summed E-state index contributed by atoms with van der Waals surface area (Å²) in [4.78, 5) is 0. The summed E-state index contributed by atoms with van der Waals surface area (Å²) in [6.07, 6.45) is 2.64. The van der Waals surface area contributed by atoms with Gasteiger partial charge in [0, 0.05) is 9.73 Å². The van der Waals surface area contributed by atoms with Gasteiger partial charge in [0.25, 0.3) is 0 Å². The SMILES string of the molecule is CC1(C)O[C@H]2[C@H]3S[C@H]3C=C(Br)[C@H]2O1. The highest BCUT2D eigenvalue weighted by Crippen LogP contribution is 2.55. The lowest BCUT2D eigenvalue weighted by atomic mass is 10.0. The van der Waals surface area contributed by atoms with E-state index in [1.54, 1.807) is 0 Å². The predicted molar refractivity (Wildman–Crippen MR) is 56.0 cm³/mol. The first-order valence-electron chi connectivity index (χ1n) is 4.45. The number of hydrogen-bond acceptors (Lipinski definition) is 3. The van der Waals surface area contributed by atoms with Crippen molar-refractivity contribution in [3.8, 4) is 0 Å². The molecule has 3 rings (SSSR count). The molecular formula is C9H11BrO2S. The molecule has 2 fully saturated rings. The third kappa shape index (κ3) is 1.30. The smallest absolute Gasteiger partial charge is 0.164 e. The summed E-state index contributed by atoms with van der Waals surface area (Å²) >= 11 is 5.53. The van der Waals surface area contributed by atoms with Gasteiger partial charge in [-0.25, -0.2) is 0 Å². The Hall–Kier alpha value is 0.490. The molecule has 2 heterocycles. The molecule has 0 radical (unpaired) electrons. The van der Waals surface area contributed by atoms with Gasteiger partial charge < -0.3 is 9.47 Å². The minimum atomic E-state index is -0.416. The summed E-state index contributed by atoms with van der Waals surface area (Å²) in [5.74, 6) is -0.416. The summed E-state index contributed by atoms with van der Waals surface area (Å²) in [7, 11) is 0. The maximum atomic E-state index is 5.86. The number of rotatable bonds is 0. The molecule has 4 heteroatoms. The first kappa shape index (κ1) is 8.77. The van der Waals surface area contributed by atoms with Crippen LogP contribution in [0.15, 0.2) is 10.6 Å². The Morgan fingerprint density at radius 2 is 2.23 bits per heavy atom. The van der Waals surface area contributed by atoms with Gasteiger partial charge in [-0.2, -0.15) is 0 Å². The summed E-state index contributed by atoms with van der Waals surface area (Å²) in [6, 6.07) is 0. The van der Waals surface area contributed by atoms with E-state index < -0.39 is 5.79 Å². The number of thioether (sulfide) groups is 1. The molecule has 2 saturated heterocycles. The van der Waals surface area contributed by atoms with Crippen LogP contribution in [-0.4, -0.2) is 28.5 Å². The predicted octanol–water partition coefficient (Wildman–Crippen LogP) is 2.28. The summed E-state index contributed by atoms with van der Waals surface area (Å²) < 4.78 is 12.8. The second-order valence-corrected chi connectivity index (χ2v) is 6.41. The average molecular weight is 263 g/mol. The molecule has 72 valence electrons. The number of ether oxygens (including phenoxy) is 2. The zero-order valence-electron chi connectivity index (χ0n) is 7.49. The van der Waals surface area contributed by atoms with E-state index in [0.717, 1.165) is 4.48 Å². The monoisotopic (exact) mass is 262 g/mol. The van der Waals surface area contributed by atoms with Crippen molar-refractivity contribution < 1.29 is 9.47 Å². The van der Waals surface area contributed by atoms with E-state index in [9.17, 15) is 0 Å². The van der Waals surface area contributed by atoms with Gasteiger partial charge in [-0.05, 0) is 13.8 Å². The van der Waals surface area contributed by atoms with Crippen LogP contribution in [0.25, 0.3) is 0 Å². The Labute approximate surface area is 90.2 Å². The fourth-order valence-corrected chi connectivity index (χ4v) is 3.93. The van der Waals surface area contributed by atoms with Crippen LogP contribution in [0.1, 0.15) is 13.8 Å². The Kier molecular flexibility index (Phi) is 1.71. The average Bonchev–Trinajstić information content (AvgIpc) is 2.68. The lowest BCUT2D eigenvalue weighted by Gasteiger charge is -2.18. The molecule has 2 aliphatic heterocycles. The number of fused-ring (bicyclic) bond motifs is 3. The van der Waals surface area contributed by atoms with E-state index in [-0.39, 0.29) is 12.2 Å². The van der Waals surface area contributed by atoms with E-state index >= 15 is 0 Å². The third-order valence-electron chi connectivity index (χ3n) is 2.61. The van der Waals surface area contributed by atoms with E-state index in [1.807, 2.05) is 25.6 Å². The van der Waals surface area contributed by atoms with Gasteiger partial charge in [0.1, 0.15) is 12.2 Å². The van der Waals surface area contributed by atoms with Crippen LogP contribution in [0, 0.1) is 0 Å². The minimum absolute atomic E-state index is 0.131. The van der Waals surface area contributed by atoms with Crippen molar-refractivity contribution in [1.82, 2.24) is 0 Å². The topological polar surface area (TPSA) is 18.5 Å². The fraction of sp³-hybridized carbons (Fsp3) is 0.778. The highest BCUT2D eigenvalue weighted by Gasteiger charge is 2.57. The molecule has 0 bridgehead atoms. The summed E-state index contributed by atoms with van der Waals surface area (Å²) in [5.41, 5.74) is 0. The Morgan fingerprint density at radius 1 is 1.46 bits per heavy atom. The summed E-state index contributed by atoms with van der Waals surface area (Å²) in [5, 5.41) is 1.29. The van der Waals surface area contributed by atoms with Crippen molar-refractivity contribution in [3.63, 3.8) is 0 Å². The summed E-state index contributed by atoms with van der Waals surface area (Å²) in [6.45, 7) is 3.96. The molecule has 0 saturated carbocycles. The molecule has 0 unspecified atom stereocenters. The third-order valence-corrected chi connectivity index (χ3v) is 4.63. The van der Waals surface area contributed by atoms with Crippen LogP contribution in [0.3, 0.4) is 0 Å². The molecule has 2 nitrogen and oxygen atoms in total. The molecular weight excluding hydrogens is 252 g/mol. The standard InChI is InChI=1S/C9H11BrO2S/c1-9(2)11-6-4(10)3-5-8(13-5)7(6)12-9/h3,5-8H,1-2H3/t5-,6+,7+,8-/m0/s1. The van der Waals surface area contributed by atoms with E-state index in [2.05, 4.69) is 22.0 Å². The van der Waals surface area contributed by atoms with E-state index in [1.165, 1.54) is 0 Å². The maximum absolute atomic E-state index is 5.86. The first-order chi connectivity index (χ1) is 6.07. The highest BCUT2D eigenvalue weighted by molar-refractivity contribution is 9.11. The quantitative estimate of drug-likeness (QED) is 0.625. The van der Waals surface area contributed by atoms with Crippen molar-refractivity contribution in [1.29, 1.82) is 0 Å². The molecule has 3 aliphatic rings. The Balaban J connectivity index is 1.93. The zero-order valence-corrected chi connectivity index (χ0v) is 9.89. The van der Waals surface area contributed by atoms with Gasteiger partial charge in [-0.15, -0.1) is 11.8 Å². The molecule has 0 spiro atoms. The molecule has 0 N–H and O–H groups in total. The van der Waals surface area contributed by atoms with Gasteiger partial charge in [-0.3, -0.25) is 0 Å². The maximum Gasteiger partial charge on any atom is 0.164 e. The van der Waals surface area contributed by atoms with Crippen molar-refractivity contribution in [2.24, 2.45) is 0 Å². The molecule has 0 aromatic carbocycles. The normalized spacial score (nSPS) is 50.8. The number of halogens is 1.